The van der Waals surface area contributed by atoms with E-state index in [0.29, 0.717) is 60.5 Å². The summed E-state index contributed by atoms with van der Waals surface area (Å²) in [6.45, 7) is 3.36. The Balaban J connectivity index is 1.50. The maximum Gasteiger partial charge on any atom is 0.270 e. The number of rotatable bonds is 2. The molecule has 2 aromatic rings. The second kappa shape index (κ2) is 7.59. The zero-order valence-corrected chi connectivity index (χ0v) is 16.4. The van der Waals surface area contributed by atoms with Crippen LogP contribution in [0.2, 0.25) is 0 Å². The van der Waals surface area contributed by atoms with Gasteiger partial charge in [0.1, 0.15) is 11.5 Å². The number of hydrogen-bond donors (Lipinski definition) is 1. The lowest BCUT2D eigenvalue weighted by atomic mass is 9.96. The zero-order chi connectivity index (χ0) is 19.0. The normalized spacial score (nSPS) is 20.9. The predicted molar refractivity (Wildman–Crippen MR) is 102 cm³/mol. The number of halogens is 2. The van der Waals surface area contributed by atoms with E-state index in [9.17, 15) is 14.0 Å². The lowest BCUT2D eigenvalue weighted by Crippen LogP contribution is -2.49. The van der Waals surface area contributed by atoms with Gasteiger partial charge < -0.3 is 19.5 Å². The first-order valence-electron chi connectivity index (χ1n) is 9.16. The van der Waals surface area contributed by atoms with E-state index in [4.69, 9.17) is 4.74 Å². The zero-order valence-electron chi connectivity index (χ0n) is 14.8. The largest absolute Gasteiger partial charge is 0.378 e. The van der Waals surface area contributed by atoms with Crippen LogP contribution in [0.4, 0.5) is 4.39 Å². The maximum atomic E-state index is 14.1. The standard InChI is InChI=1S/C19H21BrFN3O3/c20-13-8-15(21)14-10-17(22-16(14)9-13)19(26)24-3-1-2-12(11-24)18(25)23-4-6-27-7-5-23/h8-10,12,22H,1-7,11H2/t12-/m0/s1. The molecule has 0 aliphatic carbocycles. The first-order valence-corrected chi connectivity index (χ1v) is 9.96. The Bertz CT molecular complexity index is 878. The Morgan fingerprint density at radius 2 is 1.93 bits per heavy atom. The number of amides is 2. The van der Waals surface area contributed by atoms with Crippen molar-refractivity contribution in [1.82, 2.24) is 14.8 Å². The second-order valence-corrected chi connectivity index (χ2v) is 7.98. The van der Waals surface area contributed by atoms with Crippen molar-refractivity contribution in [3.8, 4) is 0 Å². The summed E-state index contributed by atoms with van der Waals surface area (Å²) in [6.07, 6.45) is 1.57. The second-order valence-electron chi connectivity index (χ2n) is 7.06. The molecule has 8 heteroatoms. The van der Waals surface area contributed by atoms with E-state index in [0.717, 1.165) is 12.8 Å². The summed E-state index contributed by atoms with van der Waals surface area (Å²) < 4.78 is 20.0. The number of carbonyl (C=O) groups is 2. The number of H-pyrrole nitrogens is 1. The fraction of sp³-hybridized carbons (Fsp3) is 0.474. The van der Waals surface area contributed by atoms with E-state index in [1.165, 1.54) is 6.07 Å². The quantitative estimate of drug-likeness (QED) is 0.785. The molecular formula is C19H21BrFN3O3. The number of piperidine rings is 1. The van der Waals surface area contributed by atoms with Crippen molar-refractivity contribution in [2.75, 3.05) is 39.4 Å². The molecule has 2 aliphatic heterocycles. The van der Waals surface area contributed by atoms with E-state index in [-0.39, 0.29) is 23.5 Å². The van der Waals surface area contributed by atoms with Gasteiger partial charge in [-0.15, -0.1) is 0 Å². The molecule has 0 saturated carbocycles. The van der Waals surface area contributed by atoms with E-state index in [1.807, 2.05) is 4.90 Å². The number of aromatic amines is 1. The first kappa shape index (κ1) is 18.4. The van der Waals surface area contributed by atoms with Crippen LogP contribution in [-0.4, -0.2) is 66.0 Å². The molecule has 1 atom stereocenters. The van der Waals surface area contributed by atoms with Gasteiger partial charge in [0, 0.05) is 36.0 Å². The molecule has 2 saturated heterocycles. The number of benzene rings is 1. The Kier molecular flexibility index (Phi) is 5.19. The minimum Gasteiger partial charge on any atom is -0.378 e. The van der Waals surface area contributed by atoms with Crippen molar-refractivity contribution in [2.45, 2.75) is 12.8 Å². The molecule has 6 nitrogen and oxygen atoms in total. The van der Waals surface area contributed by atoms with Crippen LogP contribution in [0.25, 0.3) is 10.9 Å². The Morgan fingerprint density at radius 3 is 2.70 bits per heavy atom. The predicted octanol–water partition coefficient (Wildman–Crippen LogP) is 2.78. The first-order chi connectivity index (χ1) is 13.0. The lowest BCUT2D eigenvalue weighted by molar-refractivity contribution is -0.141. The third-order valence-corrected chi connectivity index (χ3v) is 5.72. The van der Waals surface area contributed by atoms with Crippen molar-refractivity contribution >= 4 is 38.6 Å². The number of nitrogens with one attached hydrogen (secondary N) is 1. The van der Waals surface area contributed by atoms with Gasteiger partial charge in [-0.05, 0) is 31.0 Å². The number of fused-ring (bicyclic) bond motifs is 1. The number of morpholine rings is 1. The molecule has 0 spiro atoms. The SMILES string of the molecule is O=C(c1cc2c(F)cc(Br)cc2[nH]1)N1CCC[C@H](C(=O)N2CCOCC2)C1. The molecule has 0 unspecified atom stereocenters. The Morgan fingerprint density at radius 1 is 1.15 bits per heavy atom. The van der Waals surface area contributed by atoms with Gasteiger partial charge in [-0.3, -0.25) is 9.59 Å². The van der Waals surface area contributed by atoms with Gasteiger partial charge in [0.25, 0.3) is 5.91 Å². The number of likely N-dealkylation sites (tertiary alicyclic amines) is 1. The molecule has 4 rings (SSSR count). The molecule has 2 aliphatic rings. The van der Waals surface area contributed by atoms with Gasteiger partial charge >= 0.3 is 0 Å². The van der Waals surface area contributed by atoms with Crippen LogP contribution in [0.1, 0.15) is 23.3 Å². The van der Waals surface area contributed by atoms with Crippen LogP contribution >= 0.6 is 15.9 Å². The average Bonchev–Trinajstić information content (AvgIpc) is 3.12. The molecule has 1 N–H and O–H groups in total. The van der Waals surface area contributed by atoms with Crippen molar-refractivity contribution in [2.24, 2.45) is 5.92 Å². The fourth-order valence-electron chi connectivity index (χ4n) is 3.85. The van der Waals surface area contributed by atoms with Gasteiger partial charge in [-0.1, -0.05) is 15.9 Å². The molecule has 0 radical (unpaired) electrons. The molecule has 2 fully saturated rings. The summed E-state index contributed by atoms with van der Waals surface area (Å²) in [5.41, 5.74) is 0.921. The van der Waals surface area contributed by atoms with E-state index in [1.54, 1.807) is 17.0 Å². The maximum absolute atomic E-state index is 14.1. The van der Waals surface area contributed by atoms with E-state index < -0.39 is 0 Å². The Hall–Kier alpha value is -1.93. The van der Waals surface area contributed by atoms with Crippen molar-refractivity contribution < 1.29 is 18.7 Å². The lowest BCUT2D eigenvalue weighted by Gasteiger charge is -2.36. The topological polar surface area (TPSA) is 65.6 Å². The van der Waals surface area contributed by atoms with Gasteiger partial charge in [0.15, 0.2) is 0 Å². The van der Waals surface area contributed by atoms with E-state index in [2.05, 4.69) is 20.9 Å². The number of aromatic nitrogens is 1. The minimum absolute atomic E-state index is 0.0995. The molecule has 1 aromatic carbocycles. The minimum atomic E-state index is -0.381. The molecule has 2 amide bonds. The van der Waals surface area contributed by atoms with Crippen molar-refractivity contribution in [3.05, 3.63) is 34.2 Å². The molecule has 144 valence electrons. The number of carbonyl (C=O) groups excluding carboxylic acids is 2. The monoisotopic (exact) mass is 437 g/mol. The van der Waals surface area contributed by atoms with Crippen LogP contribution in [0, 0.1) is 11.7 Å². The third-order valence-electron chi connectivity index (χ3n) is 5.26. The van der Waals surface area contributed by atoms with Crippen LogP contribution in [0.5, 0.6) is 0 Å². The smallest absolute Gasteiger partial charge is 0.270 e. The molecular weight excluding hydrogens is 417 g/mol. The molecule has 27 heavy (non-hydrogen) atoms. The molecule has 1 aromatic heterocycles. The highest BCUT2D eigenvalue weighted by Gasteiger charge is 2.32. The highest BCUT2D eigenvalue weighted by atomic mass is 79.9. The summed E-state index contributed by atoms with van der Waals surface area (Å²) in [7, 11) is 0. The van der Waals surface area contributed by atoms with Gasteiger partial charge in [-0.25, -0.2) is 4.39 Å². The summed E-state index contributed by atoms with van der Waals surface area (Å²) >= 11 is 3.26. The van der Waals surface area contributed by atoms with Crippen LogP contribution < -0.4 is 0 Å². The Labute approximate surface area is 164 Å². The number of hydrogen-bond acceptors (Lipinski definition) is 3. The summed E-state index contributed by atoms with van der Waals surface area (Å²) in [5, 5.41) is 0.388. The van der Waals surface area contributed by atoms with Crippen LogP contribution in [-0.2, 0) is 9.53 Å². The summed E-state index contributed by atoms with van der Waals surface area (Å²) in [6, 6.07) is 4.67. The van der Waals surface area contributed by atoms with Gasteiger partial charge in [0.2, 0.25) is 5.91 Å². The third kappa shape index (κ3) is 3.73. The summed E-state index contributed by atoms with van der Waals surface area (Å²) in [4.78, 5) is 32.2. The van der Waals surface area contributed by atoms with Crippen LogP contribution in [0.3, 0.4) is 0 Å². The molecule has 0 bridgehead atoms. The number of nitrogens with zero attached hydrogens (tertiary/aromatic N) is 2. The number of ether oxygens (including phenoxy) is 1. The van der Waals surface area contributed by atoms with Gasteiger partial charge in [-0.2, -0.15) is 0 Å². The fourth-order valence-corrected chi connectivity index (χ4v) is 4.28. The average molecular weight is 438 g/mol. The molecule has 3 heterocycles. The van der Waals surface area contributed by atoms with Crippen molar-refractivity contribution in [1.29, 1.82) is 0 Å². The highest BCUT2D eigenvalue weighted by molar-refractivity contribution is 9.10. The summed E-state index contributed by atoms with van der Waals surface area (Å²) in [5.74, 6) is -0.659. The highest BCUT2D eigenvalue weighted by Crippen LogP contribution is 2.26. The van der Waals surface area contributed by atoms with Crippen molar-refractivity contribution in [3.63, 3.8) is 0 Å². The van der Waals surface area contributed by atoms with E-state index >= 15 is 0 Å². The van der Waals surface area contributed by atoms with Crippen LogP contribution in [0.15, 0.2) is 22.7 Å². The van der Waals surface area contributed by atoms with Gasteiger partial charge in [0.05, 0.1) is 24.6 Å².